The van der Waals surface area contributed by atoms with Crippen molar-refractivity contribution in [1.82, 2.24) is 9.88 Å². The topological polar surface area (TPSA) is 114 Å². The Balaban J connectivity index is 1.70. The number of sulfone groups is 1. The van der Waals surface area contributed by atoms with Crippen LogP contribution in [0.15, 0.2) is 60.8 Å². The molecule has 2 heterocycles. The molecule has 2 fully saturated rings. The van der Waals surface area contributed by atoms with Gasteiger partial charge in [0.15, 0.2) is 15.4 Å². The first kappa shape index (κ1) is 33.3. The molecule has 8 nitrogen and oxygen atoms in total. The van der Waals surface area contributed by atoms with Crippen LogP contribution >= 0.6 is 23.2 Å². The predicted octanol–water partition coefficient (Wildman–Crippen LogP) is 6.86. The van der Waals surface area contributed by atoms with Crippen LogP contribution in [0.25, 0.3) is 0 Å². The zero-order chi connectivity index (χ0) is 32.9. The van der Waals surface area contributed by atoms with Gasteiger partial charge < -0.3 is 14.7 Å². The molecular formula is C33H35Cl2FN2O6S. The van der Waals surface area contributed by atoms with Crippen LogP contribution in [-0.2, 0) is 25.8 Å². The van der Waals surface area contributed by atoms with E-state index in [0.29, 0.717) is 21.8 Å². The summed E-state index contributed by atoms with van der Waals surface area (Å²) in [6.45, 7) is 6.51. The van der Waals surface area contributed by atoms with Crippen LogP contribution in [0.5, 0.6) is 0 Å². The minimum absolute atomic E-state index is 0.00997. The number of morpholine rings is 1. The van der Waals surface area contributed by atoms with Gasteiger partial charge in [-0.2, -0.15) is 0 Å². The number of aromatic carboxylic acids is 1. The zero-order valence-corrected chi connectivity index (χ0v) is 27.7. The minimum Gasteiger partial charge on any atom is -0.478 e. The Hall–Kier alpha value is -3.05. The third kappa shape index (κ3) is 6.89. The van der Waals surface area contributed by atoms with E-state index in [9.17, 15) is 23.1 Å². The first-order chi connectivity index (χ1) is 21.0. The highest BCUT2D eigenvalue weighted by atomic mass is 35.5. The van der Waals surface area contributed by atoms with Crippen LogP contribution in [-0.4, -0.2) is 57.4 Å². The lowest BCUT2D eigenvalue weighted by atomic mass is 9.85. The van der Waals surface area contributed by atoms with Crippen molar-refractivity contribution < 1.29 is 32.2 Å². The predicted molar refractivity (Wildman–Crippen MR) is 170 cm³/mol. The molecule has 1 saturated carbocycles. The number of carbonyl (C=O) groups is 2. The van der Waals surface area contributed by atoms with Crippen molar-refractivity contribution >= 4 is 44.9 Å². The Morgan fingerprint density at radius 1 is 1.13 bits per heavy atom. The lowest BCUT2D eigenvalue weighted by Gasteiger charge is -2.52. The lowest BCUT2D eigenvalue weighted by molar-refractivity contribution is -0.202. The number of carbonyl (C=O) groups excluding carboxylic acids is 1. The van der Waals surface area contributed by atoms with E-state index in [4.69, 9.17) is 27.9 Å². The van der Waals surface area contributed by atoms with Gasteiger partial charge in [0.1, 0.15) is 11.9 Å². The first-order valence-electron chi connectivity index (χ1n) is 14.6. The minimum atomic E-state index is -3.71. The summed E-state index contributed by atoms with van der Waals surface area (Å²) in [4.78, 5) is 32.1. The summed E-state index contributed by atoms with van der Waals surface area (Å²) in [6, 6.07) is 12.5. The van der Waals surface area contributed by atoms with Gasteiger partial charge >= 0.3 is 5.97 Å². The summed E-state index contributed by atoms with van der Waals surface area (Å²) >= 11 is 12.5. The normalized spacial score (nSPS) is 23.2. The largest absolute Gasteiger partial charge is 0.478 e. The van der Waals surface area contributed by atoms with Crippen molar-refractivity contribution in [2.45, 2.75) is 75.5 Å². The molecule has 240 valence electrons. The van der Waals surface area contributed by atoms with Gasteiger partial charge in [-0.15, -0.1) is 0 Å². The molecule has 12 heteroatoms. The fraction of sp³-hybridized carbons (Fsp3) is 0.424. The number of carboxylic acids is 1. The van der Waals surface area contributed by atoms with Gasteiger partial charge in [0, 0.05) is 29.4 Å². The number of carboxylic acid groups (broad SMARTS) is 1. The highest BCUT2D eigenvalue weighted by Crippen LogP contribution is 2.51. The molecule has 1 saturated heterocycles. The molecule has 0 bridgehead atoms. The Kier molecular flexibility index (Phi) is 9.09. The van der Waals surface area contributed by atoms with E-state index < -0.39 is 56.1 Å². The van der Waals surface area contributed by atoms with Gasteiger partial charge in [-0.05, 0) is 94.0 Å². The number of hydrogen-bond acceptors (Lipinski definition) is 6. The van der Waals surface area contributed by atoms with Crippen LogP contribution in [0.3, 0.4) is 0 Å². The summed E-state index contributed by atoms with van der Waals surface area (Å²) in [7, 11) is -3.71. The SMILES string of the molecule is CC(C)(C)S(=O)(=O)C[C@H](C1CC1)N1C(=O)[C@](C)(Cc2ccc(C(=O)O)cn2)O[C@H](c2cccc(Cl)c2)C1c1ccc(Cl)c(F)c1. The summed E-state index contributed by atoms with van der Waals surface area (Å²) in [5.41, 5.74) is -0.176. The number of pyridine rings is 1. The molecule has 1 aromatic heterocycles. The van der Waals surface area contributed by atoms with Gasteiger partial charge in [0.2, 0.25) is 0 Å². The molecule has 0 radical (unpaired) electrons. The van der Waals surface area contributed by atoms with Crippen LogP contribution in [0.1, 0.15) is 79.9 Å². The summed E-state index contributed by atoms with van der Waals surface area (Å²) < 4.78 is 48.1. The molecule has 2 aromatic carbocycles. The quantitative estimate of drug-likeness (QED) is 0.263. The van der Waals surface area contributed by atoms with Gasteiger partial charge in [-0.1, -0.05) is 41.4 Å². The zero-order valence-electron chi connectivity index (χ0n) is 25.3. The summed E-state index contributed by atoms with van der Waals surface area (Å²) in [5, 5.41) is 9.65. The van der Waals surface area contributed by atoms with E-state index >= 15 is 4.39 Å². The lowest BCUT2D eigenvalue weighted by Crippen LogP contribution is -2.62. The van der Waals surface area contributed by atoms with E-state index in [1.807, 2.05) is 0 Å². The molecule has 45 heavy (non-hydrogen) atoms. The second kappa shape index (κ2) is 12.3. The molecule has 0 spiro atoms. The third-order valence-electron chi connectivity index (χ3n) is 8.56. The maximum Gasteiger partial charge on any atom is 0.337 e. The van der Waals surface area contributed by atoms with E-state index in [1.54, 1.807) is 62.9 Å². The molecular weight excluding hydrogens is 642 g/mol. The molecule has 1 aliphatic heterocycles. The van der Waals surface area contributed by atoms with Crippen molar-refractivity contribution in [3.63, 3.8) is 0 Å². The first-order valence-corrected chi connectivity index (χ1v) is 17.0. The van der Waals surface area contributed by atoms with Gasteiger partial charge in [0.05, 0.1) is 27.1 Å². The van der Waals surface area contributed by atoms with E-state index in [0.717, 1.165) is 12.8 Å². The number of halogens is 3. The molecule has 1 amide bonds. The van der Waals surface area contributed by atoms with Crippen molar-refractivity contribution in [3.8, 4) is 0 Å². The Labute approximate surface area is 272 Å². The van der Waals surface area contributed by atoms with Crippen LogP contribution in [0.4, 0.5) is 4.39 Å². The standard InChI is InChI=1S/C33H35Cl2FN2O6S/c1-32(2,3)45(42,43)18-27(19-8-9-19)38-28(20-11-13-25(35)26(36)15-20)29(21-6-5-7-23(34)14-21)44-33(4,31(38)41)16-24-12-10-22(17-37-24)30(39)40/h5-7,10-15,17,19,27-29H,8-9,16,18H2,1-4H3,(H,39,40)/t27-,28?,29-,33+/m1/s1. The highest BCUT2D eigenvalue weighted by Gasteiger charge is 2.56. The van der Waals surface area contributed by atoms with Gasteiger partial charge in [-0.3, -0.25) is 9.78 Å². The summed E-state index contributed by atoms with van der Waals surface area (Å²) in [6.07, 6.45) is 1.73. The maximum absolute atomic E-state index is 15.0. The second-order valence-electron chi connectivity index (χ2n) is 13.0. The van der Waals surface area contributed by atoms with E-state index in [-0.39, 0.29) is 28.7 Å². The average Bonchev–Trinajstić information content (AvgIpc) is 3.80. The molecule has 1 unspecified atom stereocenters. The van der Waals surface area contributed by atoms with E-state index in [1.165, 1.54) is 30.5 Å². The smallest absolute Gasteiger partial charge is 0.337 e. The number of nitrogens with zero attached hydrogens (tertiary/aromatic N) is 2. The van der Waals surface area contributed by atoms with Crippen molar-refractivity contribution in [3.05, 3.63) is 99.0 Å². The molecule has 5 rings (SSSR count). The van der Waals surface area contributed by atoms with Crippen LogP contribution in [0, 0.1) is 11.7 Å². The summed E-state index contributed by atoms with van der Waals surface area (Å²) in [5.74, 6) is -2.69. The number of rotatable bonds is 9. The number of hydrogen-bond donors (Lipinski definition) is 1. The van der Waals surface area contributed by atoms with Gasteiger partial charge in [0.25, 0.3) is 5.91 Å². The van der Waals surface area contributed by atoms with Crippen molar-refractivity contribution in [2.75, 3.05) is 5.75 Å². The van der Waals surface area contributed by atoms with Gasteiger partial charge in [-0.25, -0.2) is 17.6 Å². The molecule has 4 atom stereocenters. The second-order valence-corrected chi connectivity index (χ2v) is 16.6. The molecule has 3 aromatic rings. The fourth-order valence-electron chi connectivity index (χ4n) is 5.78. The average molecular weight is 678 g/mol. The monoisotopic (exact) mass is 676 g/mol. The van der Waals surface area contributed by atoms with E-state index in [2.05, 4.69) is 4.98 Å². The number of ether oxygens (including phenoxy) is 1. The number of aromatic nitrogens is 1. The Bertz CT molecular complexity index is 1730. The molecule has 1 aliphatic carbocycles. The van der Waals surface area contributed by atoms with Crippen molar-refractivity contribution in [1.29, 1.82) is 0 Å². The Morgan fingerprint density at radius 3 is 2.40 bits per heavy atom. The third-order valence-corrected chi connectivity index (χ3v) is 11.7. The molecule has 2 aliphatic rings. The maximum atomic E-state index is 15.0. The van der Waals surface area contributed by atoms with Crippen LogP contribution in [0.2, 0.25) is 10.0 Å². The molecule has 1 N–H and O–H groups in total. The number of amides is 1. The van der Waals surface area contributed by atoms with Crippen LogP contribution < -0.4 is 0 Å². The number of benzene rings is 2. The highest BCUT2D eigenvalue weighted by molar-refractivity contribution is 7.92. The van der Waals surface area contributed by atoms with Crippen molar-refractivity contribution in [2.24, 2.45) is 5.92 Å². The Morgan fingerprint density at radius 2 is 1.84 bits per heavy atom. The fourth-order valence-corrected chi connectivity index (χ4v) is 7.48.